The molecule has 150 valence electrons. The lowest BCUT2D eigenvalue weighted by Gasteiger charge is -2.10. The lowest BCUT2D eigenvalue weighted by molar-refractivity contribution is 0.0949. The minimum absolute atomic E-state index is 0.178. The molecule has 0 aliphatic heterocycles. The minimum Gasteiger partial charge on any atom is -0.494 e. The van der Waals surface area contributed by atoms with Crippen molar-refractivity contribution >= 4 is 22.4 Å². The predicted octanol–water partition coefficient (Wildman–Crippen LogP) is 3.36. The SMILES string of the molecule is CCCn1nc(C(=O)N/N=C(/C)c2ccc(OCC)cc2)c2ccccc2c1=O. The minimum atomic E-state index is -0.462. The zero-order valence-corrected chi connectivity index (χ0v) is 16.8. The van der Waals surface area contributed by atoms with Crippen LogP contribution in [-0.2, 0) is 6.54 Å². The van der Waals surface area contributed by atoms with Crippen molar-refractivity contribution in [1.29, 1.82) is 0 Å². The van der Waals surface area contributed by atoms with E-state index < -0.39 is 5.91 Å². The highest BCUT2D eigenvalue weighted by Crippen LogP contribution is 2.14. The second-order valence-corrected chi connectivity index (χ2v) is 6.52. The topological polar surface area (TPSA) is 85.6 Å². The van der Waals surface area contributed by atoms with Crippen LogP contribution in [0, 0.1) is 0 Å². The molecule has 0 saturated heterocycles. The van der Waals surface area contributed by atoms with Crippen molar-refractivity contribution in [3.05, 3.63) is 70.1 Å². The Morgan fingerprint density at radius 2 is 1.79 bits per heavy atom. The van der Waals surface area contributed by atoms with Gasteiger partial charge in [0, 0.05) is 11.9 Å². The van der Waals surface area contributed by atoms with Crippen molar-refractivity contribution in [2.45, 2.75) is 33.7 Å². The van der Waals surface area contributed by atoms with Gasteiger partial charge in [0.05, 0.1) is 17.7 Å². The first-order valence-corrected chi connectivity index (χ1v) is 9.62. The Bertz CT molecular complexity index is 1100. The van der Waals surface area contributed by atoms with E-state index in [1.807, 2.05) is 38.1 Å². The van der Waals surface area contributed by atoms with Crippen LogP contribution < -0.4 is 15.7 Å². The number of hydrogen-bond donors (Lipinski definition) is 1. The van der Waals surface area contributed by atoms with Crippen LogP contribution in [0.1, 0.15) is 43.2 Å². The molecule has 0 bridgehead atoms. The first kappa shape index (κ1) is 20.3. The second kappa shape index (κ2) is 9.14. The highest BCUT2D eigenvalue weighted by molar-refractivity contribution is 6.06. The molecule has 0 saturated carbocycles. The van der Waals surface area contributed by atoms with Crippen LogP contribution >= 0.6 is 0 Å². The summed E-state index contributed by atoms with van der Waals surface area (Å²) in [5.41, 5.74) is 4.04. The van der Waals surface area contributed by atoms with Crippen molar-refractivity contribution in [3.63, 3.8) is 0 Å². The van der Waals surface area contributed by atoms with Gasteiger partial charge in [-0.2, -0.15) is 10.2 Å². The fourth-order valence-corrected chi connectivity index (χ4v) is 2.98. The molecule has 1 aromatic heterocycles. The van der Waals surface area contributed by atoms with E-state index in [4.69, 9.17) is 4.74 Å². The van der Waals surface area contributed by atoms with Gasteiger partial charge in [0.2, 0.25) is 0 Å². The summed E-state index contributed by atoms with van der Waals surface area (Å²) in [7, 11) is 0. The predicted molar refractivity (Wildman–Crippen MR) is 114 cm³/mol. The third kappa shape index (κ3) is 4.51. The summed E-state index contributed by atoms with van der Waals surface area (Å²) in [5.74, 6) is 0.318. The number of carbonyl (C=O) groups is 1. The number of carbonyl (C=O) groups excluding carboxylic acids is 1. The van der Waals surface area contributed by atoms with Gasteiger partial charge in [-0.25, -0.2) is 10.1 Å². The van der Waals surface area contributed by atoms with Gasteiger partial charge in [-0.1, -0.05) is 25.1 Å². The monoisotopic (exact) mass is 392 g/mol. The zero-order valence-electron chi connectivity index (χ0n) is 16.8. The largest absolute Gasteiger partial charge is 0.494 e. The number of aromatic nitrogens is 2. The molecule has 7 nitrogen and oxygen atoms in total. The Hall–Kier alpha value is -3.48. The molecule has 0 unspecified atom stereocenters. The molecule has 29 heavy (non-hydrogen) atoms. The molecule has 1 heterocycles. The first-order chi connectivity index (χ1) is 14.0. The van der Waals surface area contributed by atoms with E-state index in [1.54, 1.807) is 31.2 Å². The van der Waals surface area contributed by atoms with Crippen LogP contribution in [0.15, 0.2) is 58.4 Å². The summed E-state index contributed by atoms with van der Waals surface area (Å²) in [5, 5.41) is 9.46. The van der Waals surface area contributed by atoms with Gasteiger partial charge in [0.15, 0.2) is 5.69 Å². The van der Waals surface area contributed by atoms with Gasteiger partial charge in [0.25, 0.3) is 11.5 Å². The van der Waals surface area contributed by atoms with Crippen molar-refractivity contribution in [2.75, 3.05) is 6.61 Å². The molecule has 0 aliphatic rings. The summed E-state index contributed by atoms with van der Waals surface area (Å²) in [4.78, 5) is 25.3. The van der Waals surface area contributed by atoms with E-state index in [0.29, 0.717) is 29.6 Å². The van der Waals surface area contributed by atoms with E-state index in [2.05, 4.69) is 15.6 Å². The Morgan fingerprint density at radius 3 is 2.45 bits per heavy atom. The third-order valence-electron chi connectivity index (χ3n) is 4.43. The van der Waals surface area contributed by atoms with E-state index in [1.165, 1.54) is 4.68 Å². The van der Waals surface area contributed by atoms with Crippen LogP contribution in [0.5, 0.6) is 5.75 Å². The maximum absolute atomic E-state index is 12.8. The number of nitrogens with zero attached hydrogens (tertiary/aromatic N) is 3. The van der Waals surface area contributed by atoms with Crippen LogP contribution in [0.4, 0.5) is 0 Å². The van der Waals surface area contributed by atoms with Gasteiger partial charge in [0.1, 0.15) is 5.75 Å². The molecule has 0 fully saturated rings. The number of nitrogens with one attached hydrogen (secondary N) is 1. The number of hydrogen-bond acceptors (Lipinski definition) is 5. The molecule has 3 rings (SSSR count). The Morgan fingerprint density at radius 1 is 1.10 bits per heavy atom. The average Bonchev–Trinajstić information content (AvgIpc) is 2.74. The standard InChI is InChI=1S/C22H24N4O3/c1-4-14-26-22(28)19-9-7-6-8-18(19)20(25-26)21(27)24-23-15(3)16-10-12-17(13-11-16)29-5-2/h6-13H,4-5,14H2,1-3H3,(H,24,27)/b23-15-. The zero-order chi connectivity index (χ0) is 20.8. The van der Waals surface area contributed by atoms with Crippen LogP contribution in [-0.4, -0.2) is 28.0 Å². The molecule has 7 heteroatoms. The van der Waals surface area contributed by atoms with Gasteiger partial charge in [-0.05, 0) is 56.2 Å². The van der Waals surface area contributed by atoms with E-state index in [0.717, 1.165) is 17.7 Å². The number of ether oxygens (including phenoxy) is 1. The Kier molecular flexibility index (Phi) is 6.39. The average molecular weight is 392 g/mol. The molecule has 1 N–H and O–H groups in total. The molecule has 0 radical (unpaired) electrons. The quantitative estimate of drug-likeness (QED) is 0.493. The van der Waals surface area contributed by atoms with Gasteiger partial charge in [-0.15, -0.1) is 0 Å². The number of benzene rings is 2. The summed E-state index contributed by atoms with van der Waals surface area (Å²) >= 11 is 0. The highest BCUT2D eigenvalue weighted by atomic mass is 16.5. The molecule has 1 amide bonds. The van der Waals surface area contributed by atoms with Gasteiger partial charge >= 0.3 is 0 Å². The fraction of sp³-hybridized carbons (Fsp3) is 0.273. The van der Waals surface area contributed by atoms with Crippen LogP contribution in [0.3, 0.4) is 0 Å². The maximum atomic E-state index is 12.8. The maximum Gasteiger partial charge on any atom is 0.292 e. The molecule has 0 spiro atoms. The summed E-state index contributed by atoms with van der Waals surface area (Å²) in [6, 6.07) is 14.4. The number of hydrazone groups is 1. The summed E-state index contributed by atoms with van der Waals surface area (Å²) < 4.78 is 6.77. The number of fused-ring (bicyclic) bond motifs is 1. The Balaban J connectivity index is 1.88. The molecular weight excluding hydrogens is 368 g/mol. The molecule has 0 atom stereocenters. The smallest absolute Gasteiger partial charge is 0.292 e. The van der Waals surface area contributed by atoms with E-state index in [-0.39, 0.29) is 11.3 Å². The van der Waals surface area contributed by atoms with Gasteiger partial charge < -0.3 is 4.74 Å². The number of rotatable bonds is 7. The van der Waals surface area contributed by atoms with Crippen molar-refractivity contribution in [2.24, 2.45) is 5.10 Å². The molecule has 2 aromatic carbocycles. The van der Waals surface area contributed by atoms with Crippen molar-refractivity contribution in [3.8, 4) is 5.75 Å². The van der Waals surface area contributed by atoms with E-state index in [9.17, 15) is 9.59 Å². The van der Waals surface area contributed by atoms with Gasteiger partial charge in [-0.3, -0.25) is 9.59 Å². The van der Waals surface area contributed by atoms with Crippen LogP contribution in [0.2, 0.25) is 0 Å². The van der Waals surface area contributed by atoms with Crippen LogP contribution in [0.25, 0.3) is 10.8 Å². The lowest BCUT2D eigenvalue weighted by Crippen LogP contribution is -2.29. The lowest BCUT2D eigenvalue weighted by atomic mass is 10.1. The van der Waals surface area contributed by atoms with Crippen molar-refractivity contribution in [1.82, 2.24) is 15.2 Å². The summed E-state index contributed by atoms with van der Waals surface area (Å²) in [6.45, 7) is 6.73. The number of amides is 1. The molecular formula is C22H24N4O3. The first-order valence-electron chi connectivity index (χ1n) is 9.62. The second-order valence-electron chi connectivity index (χ2n) is 6.52. The van der Waals surface area contributed by atoms with Crippen molar-refractivity contribution < 1.29 is 9.53 Å². The summed E-state index contributed by atoms with van der Waals surface area (Å²) in [6.07, 6.45) is 0.737. The fourth-order valence-electron chi connectivity index (χ4n) is 2.98. The molecule has 0 aliphatic carbocycles. The normalized spacial score (nSPS) is 11.5. The highest BCUT2D eigenvalue weighted by Gasteiger charge is 2.16. The Labute approximate surface area is 169 Å². The number of aryl methyl sites for hydroxylation is 1. The molecule has 3 aromatic rings. The van der Waals surface area contributed by atoms with E-state index >= 15 is 0 Å². The third-order valence-corrected chi connectivity index (χ3v) is 4.43.